The lowest BCUT2D eigenvalue weighted by atomic mass is 10.0. The summed E-state index contributed by atoms with van der Waals surface area (Å²) in [6.07, 6.45) is 0. The van der Waals surface area contributed by atoms with Gasteiger partial charge in [0.05, 0.1) is 22.3 Å². The van der Waals surface area contributed by atoms with Gasteiger partial charge in [-0.15, -0.1) is 11.3 Å². The number of aryl methyl sites for hydroxylation is 3. The molecule has 4 rings (SSSR count). The lowest BCUT2D eigenvalue weighted by Crippen LogP contribution is -2.22. The molecule has 31 heavy (non-hydrogen) atoms. The molecule has 5 nitrogen and oxygen atoms in total. The van der Waals surface area contributed by atoms with E-state index in [1.54, 1.807) is 0 Å². The third kappa shape index (κ3) is 5.06. The quantitative estimate of drug-likeness (QED) is 0.342. The molecule has 0 spiro atoms. The van der Waals surface area contributed by atoms with E-state index in [2.05, 4.69) is 77.7 Å². The molecule has 0 aliphatic carbocycles. The largest absolute Gasteiger partial charge is 0.332 e. The zero-order valence-electron chi connectivity index (χ0n) is 17.9. The molecule has 0 saturated carbocycles. The van der Waals surface area contributed by atoms with E-state index < -0.39 is 0 Å². The third-order valence-electron chi connectivity index (χ3n) is 4.85. The van der Waals surface area contributed by atoms with Gasteiger partial charge in [-0.3, -0.25) is 4.79 Å². The summed E-state index contributed by atoms with van der Waals surface area (Å²) >= 11 is 2.84. The Morgan fingerprint density at radius 1 is 0.968 bits per heavy atom. The van der Waals surface area contributed by atoms with Gasteiger partial charge < -0.3 is 10.3 Å². The molecule has 2 aromatic heterocycles. The highest BCUT2D eigenvalue weighted by atomic mass is 32.2. The van der Waals surface area contributed by atoms with Crippen molar-refractivity contribution in [3.8, 4) is 22.5 Å². The molecule has 1 unspecified atom stereocenters. The van der Waals surface area contributed by atoms with E-state index in [1.807, 2.05) is 19.2 Å². The van der Waals surface area contributed by atoms with Gasteiger partial charge in [0.15, 0.2) is 10.3 Å². The number of thiazole rings is 1. The van der Waals surface area contributed by atoms with Crippen molar-refractivity contribution in [3.05, 3.63) is 70.7 Å². The highest BCUT2D eigenvalue weighted by molar-refractivity contribution is 8.00. The van der Waals surface area contributed by atoms with Gasteiger partial charge in [-0.1, -0.05) is 71.4 Å². The molecule has 1 atom stereocenters. The average Bonchev–Trinajstić information content (AvgIpc) is 3.35. The minimum absolute atomic E-state index is 0.0930. The summed E-state index contributed by atoms with van der Waals surface area (Å²) in [6.45, 7) is 7.93. The van der Waals surface area contributed by atoms with Crippen molar-refractivity contribution in [2.24, 2.45) is 0 Å². The highest BCUT2D eigenvalue weighted by Gasteiger charge is 2.20. The lowest BCUT2D eigenvalue weighted by Gasteiger charge is -2.08. The Kier molecular flexibility index (Phi) is 6.25. The van der Waals surface area contributed by atoms with Crippen LogP contribution in [0.5, 0.6) is 0 Å². The van der Waals surface area contributed by atoms with Gasteiger partial charge in [-0.2, -0.15) is 0 Å². The number of anilines is 1. The van der Waals surface area contributed by atoms with Crippen LogP contribution in [0, 0.1) is 20.8 Å². The zero-order valence-corrected chi connectivity index (χ0v) is 19.5. The van der Waals surface area contributed by atoms with Crippen molar-refractivity contribution in [3.63, 3.8) is 0 Å². The van der Waals surface area contributed by atoms with Crippen LogP contribution in [0.15, 0.2) is 59.1 Å². The number of rotatable bonds is 6. The number of benzene rings is 2. The van der Waals surface area contributed by atoms with E-state index in [-0.39, 0.29) is 11.2 Å². The molecule has 2 heterocycles. The van der Waals surface area contributed by atoms with Crippen molar-refractivity contribution in [1.82, 2.24) is 15.0 Å². The summed E-state index contributed by atoms with van der Waals surface area (Å²) in [4.78, 5) is 25.2. The first-order valence-corrected chi connectivity index (χ1v) is 11.8. The van der Waals surface area contributed by atoms with Crippen LogP contribution in [0.4, 0.5) is 5.13 Å². The van der Waals surface area contributed by atoms with E-state index in [4.69, 9.17) is 4.98 Å². The van der Waals surface area contributed by atoms with Gasteiger partial charge in [-0.05, 0) is 27.7 Å². The van der Waals surface area contributed by atoms with Crippen LogP contribution in [-0.2, 0) is 4.79 Å². The molecule has 1 amide bonds. The summed E-state index contributed by atoms with van der Waals surface area (Å²) in [5, 5.41) is 5.81. The first-order chi connectivity index (χ1) is 14.9. The average molecular weight is 449 g/mol. The topological polar surface area (TPSA) is 70.7 Å². The van der Waals surface area contributed by atoms with Crippen molar-refractivity contribution in [2.75, 3.05) is 5.32 Å². The maximum Gasteiger partial charge on any atom is 0.239 e. The number of carbonyl (C=O) groups excluding carboxylic acids is 1. The van der Waals surface area contributed by atoms with E-state index in [0.29, 0.717) is 10.3 Å². The maximum absolute atomic E-state index is 12.6. The van der Waals surface area contributed by atoms with E-state index in [0.717, 1.165) is 28.2 Å². The van der Waals surface area contributed by atoms with E-state index >= 15 is 0 Å². The standard InChI is InChI=1S/C24H24N4OS2/c1-14-5-9-18(10-6-14)20-21(19-11-7-15(2)8-12-19)27-24(26-20)31-17(4)22(29)28-23-25-16(3)13-30-23/h5-13,17H,1-4H3,(H,26,27)(H,25,28,29). The minimum atomic E-state index is -0.327. The van der Waals surface area contributed by atoms with Crippen molar-refractivity contribution in [1.29, 1.82) is 0 Å². The van der Waals surface area contributed by atoms with E-state index in [1.165, 1.54) is 34.2 Å². The Balaban J connectivity index is 1.61. The molecular formula is C24H24N4OS2. The third-order valence-corrected chi connectivity index (χ3v) is 6.71. The van der Waals surface area contributed by atoms with Gasteiger partial charge in [0.25, 0.3) is 0 Å². The molecule has 0 radical (unpaired) electrons. The molecular weight excluding hydrogens is 424 g/mol. The second kappa shape index (κ2) is 9.08. The molecule has 0 saturated heterocycles. The number of H-pyrrole nitrogens is 1. The predicted molar refractivity (Wildman–Crippen MR) is 130 cm³/mol. The van der Waals surface area contributed by atoms with Crippen molar-refractivity contribution >= 4 is 34.1 Å². The Labute approximate surface area is 190 Å². The number of amides is 1. The number of thioether (sulfide) groups is 1. The van der Waals surface area contributed by atoms with Crippen LogP contribution in [-0.4, -0.2) is 26.1 Å². The normalized spacial score (nSPS) is 12.0. The number of aromatic amines is 1. The monoisotopic (exact) mass is 448 g/mol. The zero-order chi connectivity index (χ0) is 22.0. The molecule has 4 aromatic rings. The number of nitrogens with zero attached hydrogens (tertiary/aromatic N) is 2. The number of hydrogen-bond acceptors (Lipinski definition) is 5. The van der Waals surface area contributed by atoms with Crippen molar-refractivity contribution < 1.29 is 4.79 Å². The molecule has 0 aliphatic rings. The molecule has 2 N–H and O–H groups in total. The fraction of sp³-hybridized carbons (Fsp3) is 0.208. The van der Waals surface area contributed by atoms with Crippen LogP contribution >= 0.6 is 23.1 Å². The van der Waals surface area contributed by atoms with Crippen LogP contribution in [0.2, 0.25) is 0 Å². The first-order valence-electron chi connectivity index (χ1n) is 10.0. The Morgan fingerprint density at radius 2 is 1.58 bits per heavy atom. The Bertz CT molecular complexity index is 1130. The fourth-order valence-electron chi connectivity index (χ4n) is 3.10. The van der Waals surface area contributed by atoms with Gasteiger partial charge in [0.1, 0.15) is 0 Å². The SMILES string of the molecule is Cc1ccc(-c2nc(SC(C)C(=O)Nc3nc(C)cs3)[nH]c2-c2ccc(C)cc2)cc1. The predicted octanol–water partition coefficient (Wildman–Crippen LogP) is 6.24. The summed E-state index contributed by atoms with van der Waals surface area (Å²) in [7, 11) is 0. The summed E-state index contributed by atoms with van der Waals surface area (Å²) in [6, 6.07) is 16.7. The Morgan fingerprint density at radius 3 is 2.16 bits per heavy atom. The second-order valence-electron chi connectivity index (χ2n) is 7.54. The number of carbonyl (C=O) groups is 1. The first kappa shape index (κ1) is 21.3. The molecule has 158 valence electrons. The molecule has 2 aromatic carbocycles. The molecule has 0 fully saturated rings. The van der Waals surface area contributed by atoms with Gasteiger partial charge in [0, 0.05) is 16.5 Å². The van der Waals surface area contributed by atoms with E-state index in [9.17, 15) is 4.79 Å². The highest BCUT2D eigenvalue weighted by Crippen LogP contribution is 2.34. The molecule has 0 aliphatic heterocycles. The number of hydrogen-bond donors (Lipinski definition) is 2. The number of nitrogens with one attached hydrogen (secondary N) is 2. The second-order valence-corrected chi connectivity index (χ2v) is 9.73. The van der Waals surface area contributed by atoms with Crippen LogP contribution < -0.4 is 5.32 Å². The Hall–Kier alpha value is -2.90. The molecule has 0 bridgehead atoms. The van der Waals surface area contributed by atoms with Gasteiger partial charge in [0.2, 0.25) is 5.91 Å². The summed E-state index contributed by atoms with van der Waals surface area (Å²) < 4.78 is 0. The van der Waals surface area contributed by atoms with Crippen LogP contribution in [0.25, 0.3) is 22.5 Å². The van der Waals surface area contributed by atoms with Gasteiger partial charge in [-0.25, -0.2) is 9.97 Å². The maximum atomic E-state index is 12.6. The van der Waals surface area contributed by atoms with Crippen molar-refractivity contribution in [2.45, 2.75) is 38.1 Å². The number of imidazole rings is 1. The minimum Gasteiger partial charge on any atom is -0.332 e. The van der Waals surface area contributed by atoms with Crippen LogP contribution in [0.3, 0.4) is 0 Å². The smallest absolute Gasteiger partial charge is 0.239 e. The summed E-state index contributed by atoms with van der Waals surface area (Å²) in [5.41, 5.74) is 7.25. The van der Waals surface area contributed by atoms with Crippen LogP contribution in [0.1, 0.15) is 23.7 Å². The van der Waals surface area contributed by atoms with Gasteiger partial charge >= 0.3 is 0 Å². The number of aromatic nitrogens is 3. The lowest BCUT2D eigenvalue weighted by molar-refractivity contribution is -0.115. The fourth-order valence-corrected chi connectivity index (χ4v) is 4.59. The summed E-state index contributed by atoms with van der Waals surface area (Å²) in [5.74, 6) is -0.0930. The molecule has 7 heteroatoms.